The number of ketones is 1. The van der Waals surface area contributed by atoms with E-state index in [1.807, 2.05) is 0 Å². The number of cyclic esters (lactones) is 1. The average Bonchev–Trinajstić information content (AvgIpc) is 2.91. The van der Waals surface area contributed by atoms with Crippen molar-refractivity contribution in [3.05, 3.63) is 58.7 Å². The molecule has 0 aliphatic carbocycles. The minimum Gasteiger partial charge on any atom is -0.507 e. The third-order valence-electron chi connectivity index (χ3n) is 7.02. The predicted octanol–water partition coefficient (Wildman–Crippen LogP) is 3.51. The number of ether oxygens (including phenoxy) is 2. The van der Waals surface area contributed by atoms with Crippen LogP contribution >= 0.6 is 0 Å². The van der Waals surface area contributed by atoms with Crippen molar-refractivity contribution in [3.63, 3.8) is 0 Å². The molecule has 0 spiro atoms. The van der Waals surface area contributed by atoms with Gasteiger partial charge in [-0.3, -0.25) is 9.59 Å². The van der Waals surface area contributed by atoms with Gasteiger partial charge in [0.25, 0.3) is 0 Å². The number of fused-ring (bicyclic) bond motifs is 1. The van der Waals surface area contributed by atoms with Crippen molar-refractivity contribution in [1.29, 1.82) is 0 Å². The molecule has 1 heterocycles. The van der Waals surface area contributed by atoms with Crippen LogP contribution in [-0.4, -0.2) is 61.8 Å². The second-order valence-corrected chi connectivity index (χ2v) is 12.0. The Bertz CT molecular complexity index is 1420. The molecule has 0 saturated carbocycles. The normalized spacial score (nSPS) is 18.2. The molecule has 1 unspecified atom stereocenters. The maximum atomic E-state index is 13.4. The number of sulfonamides is 1. The highest BCUT2D eigenvalue weighted by molar-refractivity contribution is 7.89. The van der Waals surface area contributed by atoms with Gasteiger partial charge in [-0.15, -0.1) is 0 Å². The molecule has 2 atom stereocenters. The number of benzene rings is 2. The summed E-state index contributed by atoms with van der Waals surface area (Å²) in [6, 6.07) is 7.96. The Labute approximate surface area is 245 Å². The molecule has 5 N–H and O–H groups in total. The summed E-state index contributed by atoms with van der Waals surface area (Å²) in [5, 5.41) is 30.2. The summed E-state index contributed by atoms with van der Waals surface area (Å²) in [5.74, 6) is -2.98. The number of esters is 1. The maximum absolute atomic E-state index is 13.4. The summed E-state index contributed by atoms with van der Waals surface area (Å²) in [7, 11) is -2.31. The van der Waals surface area contributed by atoms with Crippen molar-refractivity contribution < 1.29 is 42.5 Å². The van der Waals surface area contributed by atoms with E-state index in [1.54, 1.807) is 43.3 Å². The number of phenols is 2. The van der Waals surface area contributed by atoms with Crippen molar-refractivity contribution in [2.45, 2.75) is 63.9 Å². The van der Waals surface area contributed by atoms with Crippen LogP contribution in [0.1, 0.15) is 84.8 Å². The van der Waals surface area contributed by atoms with Crippen molar-refractivity contribution in [2.24, 2.45) is 5.14 Å². The number of hydrogen-bond acceptors (Lipinski definition) is 9. The lowest BCUT2D eigenvalue weighted by Crippen LogP contribution is -2.32. The average molecular weight is 603 g/mol. The lowest BCUT2D eigenvalue weighted by atomic mass is 9.84. The minimum atomic E-state index is -3.80. The monoisotopic (exact) mass is 602 g/mol. The molecule has 0 saturated heterocycles. The summed E-state index contributed by atoms with van der Waals surface area (Å²) in [6.45, 7) is 1.48. The van der Waals surface area contributed by atoms with E-state index in [2.05, 4.69) is 5.32 Å². The van der Waals surface area contributed by atoms with E-state index >= 15 is 0 Å². The SMILES string of the molecule is COc1ccc(C(CC(=O)NCCS(N)(=O)=O)c2c(O)cc3c(c2O)C(=O)O[C@@H](C)CCCC(=O)CCC/C=C/3)cc1. The van der Waals surface area contributed by atoms with E-state index in [4.69, 9.17) is 14.6 Å². The summed E-state index contributed by atoms with van der Waals surface area (Å²) in [4.78, 5) is 38.4. The largest absolute Gasteiger partial charge is 0.507 e. The zero-order chi connectivity index (χ0) is 30.9. The molecule has 2 aromatic carbocycles. The molecule has 1 aliphatic heterocycles. The number of nitrogens with one attached hydrogen (secondary N) is 1. The summed E-state index contributed by atoms with van der Waals surface area (Å²) in [6.07, 6.45) is 5.53. The number of methoxy groups -OCH3 is 1. The molecule has 2 aromatic rings. The zero-order valence-electron chi connectivity index (χ0n) is 23.8. The van der Waals surface area contributed by atoms with E-state index in [0.717, 1.165) is 0 Å². The minimum absolute atomic E-state index is 0.0646. The van der Waals surface area contributed by atoms with E-state index in [1.165, 1.54) is 13.2 Å². The maximum Gasteiger partial charge on any atom is 0.342 e. The van der Waals surface area contributed by atoms with Crippen LogP contribution < -0.4 is 15.2 Å². The van der Waals surface area contributed by atoms with Crippen LogP contribution in [0, 0.1) is 0 Å². The first-order valence-electron chi connectivity index (χ1n) is 13.8. The van der Waals surface area contributed by atoms with Crippen LogP contribution in [0.5, 0.6) is 17.2 Å². The highest BCUT2D eigenvalue weighted by atomic mass is 32.2. The zero-order valence-corrected chi connectivity index (χ0v) is 24.6. The third-order valence-corrected chi connectivity index (χ3v) is 7.79. The first-order valence-corrected chi connectivity index (χ1v) is 15.5. The van der Waals surface area contributed by atoms with Gasteiger partial charge >= 0.3 is 5.97 Å². The second-order valence-electron chi connectivity index (χ2n) is 10.3. The number of allylic oxidation sites excluding steroid dienone is 1. The fourth-order valence-corrected chi connectivity index (χ4v) is 5.22. The molecule has 11 nitrogen and oxygen atoms in total. The fraction of sp³-hybridized carbons (Fsp3) is 0.433. The molecule has 3 rings (SSSR count). The van der Waals surface area contributed by atoms with Crippen molar-refractivity contribution in [1.82, 2.24) is 5.32 Å². The van der Waals surface area contributed by atoms with Crippen molar-refractivity contribution >= 4 is 33.8 Å². The first-order chi connectivity index (χ1) is 19.9. The summed E-state index contributed by atoms with van der Waals surface area (Å²) >= 11 is 0. The number of nitrogens with two attached hydrogens (primary N) is 1. The Morgan fingerprint density at radius 1 is 1.17 bits per heavy atom. The number of primary sulfonamides is 1. The Balaban J connectivity index is 2.08. The van der Waals surface area contributed by atoms with Crippen LogP contribution in [0.25, 0.3) is 6.08 Å². The highest BCUT2D eigenvalue weighted by Crippen LogP contribution is 2.44. The number of carbonyl (C=O) groups is 3. The number of carbonyl (C=O) groups excluding carboxylic acids is 3. The Kier molecular flexibility index (Phi) is 11.5. The van der Waals surface area contributed by atoms with E-state index < -0.39 is 45.4 Å². The smallest absolute Gasteiger partial charge is 0.342 e. The van der Waals surface area contributed by atoms with Crippen molar-refractivity contribution in [3.8, 4) is 17.2 Å². The Hall–Kier alpha value is -3.90. The van der Waals surface area contributed by atoms with Crippen LogP contribution in [0.15, 0.2) is 36.4 Å². The standard InChI is InChI=1S/C30H38N2O9S/c1-19-7-6-10-22(33)9-5-3-4-8-21-17-25(34)28(29(36)27(21)30(37)41-19)24(20-11-13-23(40-2)14-12-20)18-26(35)32-15-16-42(31,38)39/h4,8,11-14,17,19,24,34,36H,3,5-7,9-10,15-16,18H2,1-2H3,(H,32,35)(H2,31,38,39)/b8-4+/t19-,24?/m0/s1. The van der Waals surface area contributed by atoms with E-state index in [-0.39, 0.29) is 41.2 Å². The molecular weight excluding hydrogens is 564 g/mol. The first kappa shape index (κ1) is 32.6. The van der Waals surface area contributed by atoms with E-state index in [9.17, 15) is 33.0 Å². The summed E-state index contributed by atoms with van der Waals surface area (Å²) < 4.78 is 33.4. The molecule has 1 amide bonds. The topological polar surface area (TPSA) is 182 Å². The van der Waals surface area contributed by atoms with Gasteiger partial charge in [-0.05, 0) is 61.9 Å². The molecule has 0 radical (unpaired) electrons. The number of aromatic hydroxyl groups is 2. The van der Waals surface area contributed by atoms with Gasteiger partial charge in [0, 0.05) is 37.3 Å². The van der Waals surface area contributed by atoms with Crippen LogP contribution in [-0.2, 0) is 24.3 Å². The van der Waals surface area contributed by atoms with Gasteiger partial charge in [-0.2, -0.15) is 0 Å². The number of amides is 1. The van der Waals surface area contributed by atoms with Gasteiger partial charge in [0.05, 0.1) is 19.0 Å². The Morgan fingerprint density at radius 2 is 1.86 bits per heavy atom. The van der Waals surface area contributed by atoms with Gasteiger partial charge in [0.2, 0.25) is 15.9 Å². The number of Topliss-reactive ketones (excluding diaryl/α,β-unsaturated/α-hetero) is 1. The van der Waals surface area contributed by atoms with Crippen LogP contribution in [0.4, 0.5) is 0 Å². The molecule has 228 valence electrons. The molecule has 0 aromatic heterocycles. The Morgan fingerprint density at radius 3 is 2.52 bits per heavy atom. The fourth-order valence-electron chi connectivity index (χ4n) is 4.83. The van der Waals surface area contributed by atoms with Gasteiger partial charge in [-0.1, -0.05) is 24.3 Å². The van der Waals surface area contributed by atoms with Crippen LogP contribution in [0.2, 0.25) is 0 Å². The second kappa shape index (κ2) is 14.8. The molecule has 12 heteroatoms. The van der Waals surface area contributed by atoms with Crippen LogP contribution in [0.3, 0.4) is 0 Å². The lowest BCUT2D eigenvalue weighted by molar-refractivity contribution is -0.121. The van der Waals surface area contributed by atoms with Gasteiger partial charge in [-0.25, -0.2) is 18.4 Å². The van der Waals surface area contributed by atoms with Crippen molar-refractivity contribution in [2.75, 3.05) is 19.4 Å². The molecule has 0 bridgehead atoms. The van der Waals surface area contributed by atoms with Gasteiger partial charge in [0.15, 0.2) is 0 Å². The lowest BCUT2D eigenvalue weighted by Gasteiger charge is -2.23. The third kappa shape index (κ3) is 9.31. The summed E-state index contributed by atoms with van der Waals surface area (Å²) in [5.41, 5.74) is 0.517. The highest BCUT2D eigenvalue weighted by Gasteiger charge is 2.31. The molecule has 1 aliphatic rings. The number of phenolic OH excluding ortho intramolecular Hbond substituents is 2. The molecule has 42 heavy (non-hydrogen) atoms. The number of hydrogen-bond donors (Lipinski definition) is 4. The van der Waals surface area contributed by atoms with Gasteiger partial charge < -0.3 is 25.0 Å². The molecular formula is C30H38N2O9S. The quantitative estimate of drug-likeness (QED) is 0.329. The number of rotatable bonds is 8. The van der Waals surface area contributed by atoms with E-state index in [0.29, 0.717) is 49.8 Å². The predicted molar refractivity (Wildman–Crippen MR) is 157 cm³/mol. The molecule has 0 fully saturated rings. The van der Waals surface area contributed by atoms with Gasteiger partial charge in [0.1, 0.15) is 28.6 Å².